The van der Waals surface area contributed by atoms with Crippen molar-refractivity contribution >= 4 is 11.8 Å². The zero-order valence-corrected chi connectivity index (χ0v) is 18.4. The second-order valence-electron chi connectivity index (χ2n) is 8.24. The predicted octanol–water partition coefficient (Wildman–Crippen LogP) is 4.43. The fraction of sp³-hybridized carbons (Fsp3) is 0.440. The first-order valence-electron chi connectivity index (χ1n) is 10.5. The summed E-state index contributed by atoms with van der Waals surface area (Å²) in [6.07, 6.45) is 0.874. The fourth-order valence-electron chi connectivity index (χ4n) is 3.57. The summed E-state index contributed by atoms with van der Waals surface area (Å²) in [5.74, 6) is 0.265. The van der Waals surface area contributed by atoms with E-state index in [2.05, 4.69) is 25.2 Å². The molecule has 0 aromatic heterocycles. The van der Waals surface area contributed by atoms with Gasteiger partial charge in [0.25, 0.3) is 0 Å². The van der Waals surface area contributed by atoms with Crippen molar-refractivity contribution in [2.24, 2.45) is 5.92 Å². The molecule has 1 N–H and O–H groups in total. The van der Waals surface area contributed by atoms with Crippen molar-refractivity contribution in [2.75, 3.05) is 6.54 Å². The largest absolute Gasteiger partial charge is 0.354 e. The van der Waals surface area contributed by atoms with Crippen LogP contribution in [0.25, 0.3) is 0 Å². The normalized spacial score (nSPS) is 11.9. The molecule has 0 aliphatic heterocycles. The molecule has 0 bridgehead atoms. The third-order valence-corrected chi connectivity index (χ3v) is 4.90. The fourth-order valence-corrected chi connectivity index (χ4v) is 3.57. The zero-order valence-electron chi connectivity index (χ0n) is 18.4. The van der Waals surface area contributed by atoms with Crippen LogP contribution in [0.15, 0.2) is 48.5 Å². The van der Waals surface area contributed by atoms with E-state index in [-0.39, 0.29) is 11.8 Å². The molecule has 0 unspecified atom stereocenters. The number of rotatable bonds is 9. The van der Waals surface area contributed by atoms with Crippen LogP contribution in [0.4, 0.5) is 0 Å². The molecule has 4 nitrogen and oxygen atoms in total. The average molecular weight is 395 g/mol. The van der Waals surface area contributed by atoms with Gasteiger partial charge in [-0.25, -0.2) is 0 Å². The SMILES string of the molecule is CC[C@@H](C(=O)NCC(C)C)N(Cc1ccccc1)C(=O)Cc1cc(C)cc(C)c1. The smallest absolute Gasteiger partial charge is 0.242 e. The molecule has 4 heteroatoms. The Morgan fingerprint density at radius 3 is 2.14 bits per heavy atom. The van der Waals surface area contributed by atoms with Crippen LogP contribution in [-0.2, 0) is 22.6 Å². The molecule has 1 atom stereocenters. The Kier molecular flexibility index (Phi) is 8.44. The van der Waals surface area contributed by atoms with Crippen molar-refractivity contribution in [3.05, 3.63) is 70.8 Å². The Labute approximate surface area is 175 Å². The Morgan fingerprint density at radius 1 is 0.966 bits per heavy atom. The lowest BCUT2D eigenvalue weighted by Gasteiger charge is -2.31. The lowest BCUT2D eigenvalue weighted by molar-refractivity contribution is -0.141. The van der Waals surface area contributed by atoms with Gasteiger partial charge < -0.3 is 10.2 Å². The molecule has 0 saturated heterocycles. The number of hydrogen-bond acceptors (Lipinski definition) is 2. The number of aryl methyl sites for hydroxylation is 2. The van der Waals surface area contributed by atoms with Crippen LogP contribution in [0, 0.1) is 19.8 Å². The van der Waals surface area contributed by atoms with Crippen LogP contribution >= 0.6 is 0 Å². The molecule has 0 saturated carbocycles. The van der Waals surface area contributed by atoms with Crippen LogP contribution < -0.4 is 5.32 Å². The van der Waals surface area contributed by atoms with Crippen molar-refractivity contribution in [2.45, 2.75) is 60.0 Å². The van der Waals surface area contributed by atoms with Gasteiger partial charge in [-0.15, -0.1) is 0 Å². The maximum absolute atomic E-state index is 13.3. The standard InChI is InChI=1S/C25H34N2O2/c1-6-23(25(29)26-16-18(2)3)27(17-21-10-8-7-9-11-21)24(28)15-22-13-19(4)12-20(5)14-22/h7-14,18,23H,6,15-17H2,1-5H3,(H,26,29)/t23-/m0/s1. The first kappa shape index (κ1) is 22.7. The molecule has 2 amide bonds. The highest BCUT2D eigenvalue weighted by atomic mass is 16.2. The Hall–Kier alpha value is -2.62. The predicted molar refractivity (Wildman–Crippen MR) is 119 cm³/mol. The highest BCUT2D eigenvalue weighted by Crippen LogP contribution is 2.16. The van der Waals surface area contributed by atoms with Gasteiger partial charge in [0.2, 0.25) is 11.8 Å². The van der Waals surface area contributed by atoms with E-state index in [1.54, 1.807) is 4.90 Å². The number of amides is 2. The van der Waals surface area contributed by atoms with Crippen molar-refractivity contribution in [1.29, 1.82) is 0 Å². The van der Waals surface area contributed by atoms with Gasteiger partial charge in [-0.05, 0) is 37.3 Å². The van der Waals surface area contributed by atoms with Crippen LogP contribution in [-0.4, -0.2) is 29.3 Å². The molecule has 2 rings (SSSR count). The lowest BCUT2D eigenvalue weighted by atomic mass is 10.0. The van der Waals surface area contributed by atoms with Gasteiger partial charge in [0, 0.05) is 13.1 Å². The lowest BCUT2D eigenvalue weighted by Crippen LogP contribution is -2.50. The van der Waals surface area contributed by atoms with E-state index in [4.69, 9.17) is 0 Å². The summed E-state index contributed by atoms with van der Waals surface area (Å²) >= 11 is 0. The summed E-state index contributed by atoms with van der Waals surface area (Å²) in [5, 5.41) is 3.00. The van der Waals surface area contributed by atoms with Crippen LogP contribution in [0.2, 0.25) is 0 Å². The molecule has 29 heavy (non-hydrogen) atoms. The first-order valence-corrected chi connectivity index (χ1v) is 10.5. The highest BCUT2D eigenvalue weighted by Gasteiger charge is 2.28. The van der Waals surface area contributed by atoms with Crippen molar-refractivity contribution < 1.29 is 9.59 Å². The number of carbonyl (C=O) groups is 2. The van der Waals surface area contributed by atoms with Gasteiger partial charge in [-0.2, -0.15) is 0 Å². The monoisotopic (exact) mass is 394 g/mol. The maximum atomic E-state index is 13.3. The minimum Gasteiger partial charge on any atom is -0.354 e. The summed E-state index contributed by atoms with van der Waals surface area (Å²) in [5.41, 5.74) is 4.30. The Balaban J connectivity index is 2.26. The topological polar surface area (TPSA) is 49.4 Å². The van der Waals surface area contributed by atoms with E-state index < -0.39 is 6.04 Å². The highest BCUT2D eigenvalue weighted by molar-refractivity contribution is 5.88. The van der Waals surface area contributed by atoms with Crippen molar-refractivity contribution in [3.8, 4) is 0 Å². The summed E-state index contributed by atoms with van der Waals surface area (Å²) in [4.78, 5) is 27.9. The maximum Gasteiger partial charge on any atom is 0.242 e. The molecule has 2 aromatic rings. The Morgan fingerprint density at radius 2 is 1.59 bits per heavy atom. The molecule has 0 radical (unpaired) electrons. The first-order chi connectivity index (χ1) is 13.8. The molecule has 0 aliphatic rings. The number of carbonyl (C=O) groups excluding carboxylic acids is 2. The quantitative estimate of drug-likeness (QED) is 0.684. The molecule has 0 spiro atoms. The minimum atomic E-state index is -0.479. The summed E-state index contributed by atoms with van der Waals surface area (Å²) < 4.78 is 0. The van der Waals surface area contributed by atoms with Gasteiger partial charge in [0.05, 0.1) is 6.42 Å². The molecule has 0 fully saturated rings. The van der Waals surface area contributed by atoms with E-state index in [1.807, 2.05) is 63.2 Å². The van der Waals surface area contributed by atoms with E-state index in [1.165, 1.54) is 0 Å². The van der Waals surface area contributed by atoms with Gasteiger partial charge in [-0.3, -0.25) is 9.59 Å². The van der Waals surface area contributed by atoms with Gasteiger partial charge in [-0.1, -0.05) is 80.4 Å². The average Bonchev–Trinajstić information content (AvgIpc) is 2.66. The van der Waals surface area contributed by atoms with E-state index in [0.29, 0.717) is 31.8 Å². The number of benzene rings is 2. The number of hydrogen-bond donors (Lipinski definition) is 1. The second-order valence-corrected chi connectivity index (χ2v) is 8.24. The van der Waals surface area contributed by atoms with Crippen LogP contribution in [0.1, 0.15) is 49.4 Å². The molecule has 0 heterocycles. The minimum absolute atomic E-state index is 0.0228. The summed E-state index contributed by atoms with van der Waals surface area (Å²) in [6, 6.07) is 15.6. The molecular weight excluding hydrogens is 360 g/mol. The van der Waals surface area contributed by atoms with E-state index in [9.17, 15) is 9.59 Å². The molecular formula is C25H34N2O2. The van der Waals surface area contributed by atoms with Crippen LogP contribution in [0.3, 0.4) is 0 Å². The van der Waals surface area contributed by atoms with Gasteiger partial charge >= 0.3 is 0 Å². The summed E-state index contributed by atoms with van der Waals surface area (Å²) in [6.45, 7) is 11.2. The third kappa shape index (κ3) is 7.04. The van der Waals surface area contributed by atoms with Crippen molar-refractivity contribution in [1.82, 2.24) is 10.2 Å². The van der Waals surface area contributed by atoms with Crippen molar-refractivity contribution in [3.63, 3.8) is 0 Å². The molecule has 0 aliphatic carbocycles. The van der Waals surface area contributed by atoms with Gasteiger partial charge in [0.1, 0.15) is 6.04 Å². The summed E-state index contributed by atoms with van der Waals surface area (Å²) in [7, 11) is 0. The van der Waals surface area contributed by atoms with E-state index >= 15 is 0 Å². The van der Waals surface area contributed by atoms with Gasteiger partial charge in [0.15, 0.2) is 0 Å². The second kappa shape index (κ2) is 10.8. The Bertz CT molecular complexity index is 795. The third-order valence-electron chi connectivity index (χ3n) is 4.90. The molecule has 2 aromatic carbocycles. The number of nitrogens with zero attached hydrogens (tertiary/aromatic N) is 1. The van der Waals surface area contributed by atoms with Crippen LogP contribution in [0.5, 0.6) is 0 Å². The number of nitrogens with one attached hydrogen (secondary N) is 1. The molecule has 156 valence electrons. The zero-order chi connectivity index (χ0) is 21.4. The van der Waals surface area contributed by atoms with E-state index in [0.717, 1.165) is 22.3 Å².